The molecule has 0 saturated carbocycles. The number of carboxylic acids is 2. The minimum atomic E-state index is -1.29. The van der Waals surface area contributed by atoms with E-state index in [9.17, 15) is 47.9 Å². The third kappa shape index (κ3) is 67.1. The van der Waals surface area contributed by atoms with Gasteiger partial charge in [-0.05, 0) is 192 Å². The van der Waals surface area contributed by atoms with E-state index < -0.39 is 142 Å². The van der Waals surface area contributed by atoms with Gasteiger partial charge in [-0.25, -0.2) is 38.4 Å². The molecule has 30 nitrogen and oxygen atoms in total. The Balaban J connectivity index is -0.000000250. The third-order valence-electron chi connectivity index (χ3n) is 8.73. The molecule has 0 aromatic heterocycles. The molecule has 0 rings (SSSR count). The lowest BCUT2D eigenvalue weighted by atomic mass is 10.1. The first-order chi connectivity index (χ1) is 40.2. The maximum atomic E-state index is 12.0. The van der Waals surface area contributed by atoms with Crippen LogP contribution in [-0.2, 0) is 66.7 Å². The summed E-state index contributed by atoms with van der Waals surface area (Å²) in [5, 5.41) is 44.3. The number of amides is 4. The second kappa shape index (κ2) is 43.6. The van der Waals surface area contributed by atoms with E-state index in [4.69, 9.17) is 75.7 Å². The van der Waals surface area contributed by atoms with E-state index >= 15 is 0 Å². The minimum absolute atomic E-state index is 0. The standard InChI is InChI=1S/C14H24N2O4.C14H27NO4.C13H23NO6.C13H25NO5.C6H14N4O2.ClH/c1-13(2,3)19-11(17)10(8-7-9-15)16-12(18)20-14(4,5)6;1-8-9-10(11(16)18-13(2,3)4)15-12(17)19-14(5,6)7;1-12(2,3)19-10(17)8(7-9(15)16)14-11(18)20-13(4,5)6;1-12(2,3)18-10(16)9(7-8-15)14-11(17)19-13(4,5)6;7-4(5(11)12)2-1-3-10-6(8)9;/h10H,7-8H2,1-6H3,(H,16,18);10H,8-9H2,1-7H3,(H,15,17);8H,7H2,1-6H3,(H,14,18)(H,15,16);9,15H,7-8H2,1-6H3,(H,14,17);4H,1-3,7H2,(H,11,12)(H4,8,9,10);1H/t2*10-;8-;9-;4-;/m00000./s1/i;;;;8+1,9+1,10+1;. The summed E-state index contributed by atoms with van der Waals surface area (Å²) in [6.07, 6.45) is -0.813. The second-order valence-electron chi connectivity index (χ2n) is 27.9. The Morgan fingerprint density at radius 3 is 0.945 bits per heavy atom. The zero-order chi connectivity index (χ0) is 72.2. The van der Waals surface area contributed by atoms with Crippen molar-refractivity contribution in [3.05, 3.63) is 0 Å². The van der Waals surface area contributed by atoms with Crippen molar-refractivity contribution in [2.45, 2.75) is 299 Å². The number of aliphatic hydroxyl groups excluding tert-OH is 1. The number of esters is 4. The molecule has 13 N–H and O–H groups in total. The molecule has 0 aromatic rings. The van der Waals surface area contributed by atoms with Crippen molar-refractivity contribution < 1.29 is 101 Å². The Morgan fingerprint density at radius 2 is 0.714 bits per heavy atom. The maximum Gasteiger partial charge on any atom is 0.408 e. The molecule has 5 atom stereocenters. The molecule has 532 valence electrons. The average molecular weight is 1340 g/mol. The number of nitrogens with one attached hydrogen (secondary N) is 4. The van der Waals surface area contributed by atoms with Gasteiger partial charge in [-0.3, -0.25) is 14.6 Å². The quantitative estimate of drug-likeness (QED) is 0.0131. The number of nitriles is 1. The second-order valence-corrected chi connectivity index (χ2v) is 27.9. The molecule has 4 amide bonds. The van der Waals surface area contributed by atoms with Crippen LogP contribution in [0.25, 0.3) is 0 Å². The van der Waals surface area contributed by atoms with E-state index in [2.05, 4.69) is 26.3 Å². The fraction of sp³-hybridized carbons (Fsp3) is 0.800. The SMILES string of the molecule is CC(C)(C)OC(=O)N[C@@H](CC(=O)O)C(=O)OC(C)(C)C.CC(C)(C)OC(=O)N[C@@H](CCC#N)C(=O)OC(C)(C)C.CC(C)(C)OC(=O)N[C@@H](CCO)C(=O)OC(C)(C)C.CCC[C@H](NC(=O)OC(C)(C)C)C(=O)OC(C)(C)C.Cl.N[C@@H](CCC[15N]=C([15NH2])[15NH2])C(=O)O. The maximum absolute atomic E-state index is 12.0. The van der Waals surface area contributed by atoms with Crippen LogP contribution >= 0.6 is 12.4 Å². The average Bonchev–Trinajstić information content (AvgIpc) is 2.76. The molecule has 0 aliphatic rings. The summed E-state index contributed by atoms with van der Waals surface area (Å²) < 4.78 is 41.0. The number of nitrogens with two attached hydrogens (primary N) is 3. The predicted octanol–water partition coefficient (Wildman–Crippen LogP) is 7.72. The van der Waals surface area contributed by atoms with Gasteiger partial charge in [-0.1, -0.05) is 13.3 Å². The molecule has 31 heteroatoms. The Kier molecular flexibility index (Phi) is 45.5. The van der Waals surface area contributed by atoms with Crippen molar-refractivity contribution in [3.8, 4) is 6.07 Å². The van der Waals surface area contributed by atoms with Gasteiger partial charge in [0.1, 0.15) is 75.0 Å². The number of halogens is 1. The van der Waals surface area contributed by atoms with Gasteiger partial charge in [0.25, 0.3) is 0 Å². The van der Waals surface area contributed by atoms with Crippen LogP contribution in [0.1, 0.15) is 224 Å². The molecule has 0 heterocycles. The number of carbonyl (C=O) groups excluding carboxylic acids is 8. The number of guanidine groups is 1. The number of aliphatic carboxylic acids is 2. The lowest BCUT2D eigenvalue weighted by Crippen LogP contribution is -2.47. The number of carbonyl (C=O) groups is 10. The number of aliphatic imine (C=N–C) groups is 1. The summed E-state index contributed by atoms with van der Waals surface area (Å²) in [6, 6.07) is -2.64. The van der Waals surface area contributed by atoms with Crippen LogP contribution in [-0.4, -0.2) is 170 Å². The van der Waals surface area contributed by atoms with Gasteiger partial charge in [0.15, 0.2) is 5.96 Å². The zero-order valence-electron chi connectivity index (χ0n) is 58.7. The Hall–Kier alpha value is -7.13. The van der Waals surface area contributed by atoms with Crippen molar-refractivity contribution in [2.24, 2.45) is 22.2 Å². The number of alkyl carbamates (subject to hydrolysis) is 4. The highest BCUT2D eigenvalue weighted by molar-refractivity contribution is 5.86. The van der Waals surface area contributed by atoms with Crippen molar-refractivity contribution in [1.82, 2.24) is 21.3 Å². The Bertz CT molecular complexity index is 2240. The van der Waals surface area contributed by atoms with E-state index in [0.717, 1.165) is 6.42 Å². The van der Waals surface area contributed by atoms with Gasteiger partial charge in [0.05, 0.1) is 12.5 Å². The lowest BCUT2D eigenvalue weighted by Gasteiger charge is -2.26. The predicted molar refractivity (Wildman–Crippen MR) is 342 cm³/mol. The van der Waals surface area contributed by atoms with Gasteiger partial charge >= 0.3 is 60.2 Å². The van der Waals surface area contributed by atoms with Crippen LogP contribution in [0.4, 0.5) is 19.2 Å². The summed E-state index contributed by atoms with van der Waals surface area (Å²) >= 11 is 0. The van der Waals surface area contributed by atoms with Gasteiger partial charge in [0.2, 0.25) is 0 Å². The fourth-order valence-electron chi connectivity index (χ4n) is 5.68. The van der Waals surface area contributed by atoms with E-state index in [0.29, 0.717) is 25.8 Å². The van der Waals surface area contributed by atoms with Crippen LogP contribution < -0.4 is 38.5 Å². The van der Waals surface area contributed by atoms with E-state index in [-0.39, 0.29) is 44.2 Å². The molecule has 0 aromatic carbocycles. The Labute approximate surface area is 545 Å². The normalized spacial score (nSPS) is 13.1. The molecule has 91 heavy (non-hydrogen) atoms. The van der Waals surface area contributed by atoms with Gasteiger partial charge < -0.3 is 91.7 Å². The van der Waals surface area contributed by atoms with E-state index in [1.54, 1.807) is 166 Å². The van der Waals surface area contributed by atoms with Crippen LogP contribution in [0.5, 0.6) is 0 Å². The summed E-state index contributed by atoms with van der Waals surface area (Å²) in [4.78, 5) is 119. The summed E-state index contributed by atoms with van der Waals surface area (Å²) in [7, 11) is 0. The summed E-state index contributed by atoms with van der Waals surface area (Å²) in [6.45, 7) is 43.5. The largest absolute Gasteiger partial charge is 0.481 e. The van der Waals surface area contributed by atoms with Crippen LogP contribution in [0, 0.1) is 11.3 Å². The molecule has 0 bridgehead atoms. The Morgan fingerprint density at radius 1 is 0.451 bits per heavy atom. The van der Waals surface area contributed by atoms with Gasteiger partial charge in [0, 0.05) is 26.0 Å². The number of hydrogen-bond acceptors (Lipinski definition) is 22. The number of hydrogen-bond donors (Lipinski definition) is 10. The van der Waals surface area contributed by atoms with Gasteiger partial charge in [-0.15, -0.1) is 12.4 Å². The summed E-state index contributed by atoms with van der Waals surface area (Å²) in [5.74, 6) is -4.62. The molecule has 0 aliphatic carbocycles. The zero-order valence-corrected chi connectivity index (χ0v) is 59.5. The summed E-state index contributed by atoms with van der Waals surface area (Å²) in [5.41, 5.74) is 10.0. The van der Waals surface area contributed by atoms with E-state index in [1.807, 2.05) is 13.0 Å². The van der Waals surface area contributed by atoms with Gasteiger partial charge in [-0.2, -0.15) is 5.26 Å². The molecule has 0 saturated heterocycles. The highest BCUT2D eigenvalue weighted by Gasteiger charge is 2.33. The highest BCUT2D eigenvalue weighted by Crippen LogP contribution is 2.17. The molecule has 0 aliphatic heterocycles. The highest BCUT2D eigenvalue weighted by atomic mass is 35.5. The molecular formula is C60H114ClN9O21. The molecular weight excluding hydrogens is 1220 g/mol. The molecule has 0 radical (unpaired) electrons. The van der Waals surface area contributed by atoms with Crippen molar-refractivity contribution in [1.29, 1.82) is 5.26 Å². The molecule has 0 unspecified atom stereocenters. The lowest BCUT2D eigenvalue weighted by molar-refractivity contribution is -0.160. The first-order valence-corrected chi connectivity index (χ1v) is 29.3. The number of carboxylic acid groups (broad SMARTS) is 2. The minimum Gasteiger partial charge on any atom is -0.481 e. The smallest absolute Gasteiger partial charge is 0.408 e. The number of rotatable bonds is 21. The van der Waals surface area contributed by atoms with Crippen molar-refractivity contribution in [2.75, 3.05) is 13.2 Å². The van der Waals surface area contributed by atoms with Crippen molar-refractivity contribution in [3.63, 3.8) is 0 Å². The van der Waals surface area contributed by atoms with Crippen molar-refractivity contribution >= 4 is 78.6 Å². The van der Waals surface area contributed by atoms with Crippen LogP contribution in [0.2, 0.25) is 0 Å². The first-order valence-electron chi connectivity index (χ1n) is 29.3. The van der Waals surface area contributed by atoms with E-state index in [1.165, 1.54) is 0 Å². The molecule has 0 fully saturated rings. The molecule has 0 spiro atoms. The van der Waals surface area contributed by atoms with Crippen LogP contribution in [0.3, 0.4) is 0 Å². The van der Waals surface area contributed by atoms with Crippen LogP contribution in [0.15, 0.2) is 4.99 Å². The number of ether oxygens (including phenoxy) is 8. The fourth-order valence-corrected chi connectivity index (χ4v) is 5.68. The first kappa shape index (κ1) is 95.0. The monoisotopic (exact) mass is 1330 g/mol. The third-order valence-corrected chi connectivity index (χ3v) is 8.73. The topological polar surface area (TPSA) is 468 Å². The number of nitrogens with zero attached hydrogens (tertiary/aromatic N) is 2. The number of aliphatic hydroxyl groups is 1.